The van der Waals surface area contributed by atoms with E-state index in [1.165, 1.54) is 6.92 Å². The fourth-order valence-electron chi connectivity index (χ4n) is 1.81. The van der Waals surface area contributed by atoms with Crippen LogP contribution in [0.5, 0.6) is 0 Å². The Hall–Kier alpha value is -1.91. The van der Waals surface area contributed by atoms with Gasteiger partial charge in [0.15, 0.2) is 10.9 Å². The molecular weight excluding hydrogens is 304 g/mol. The van der Waals surface area contributed by atoms with E-state index in [0.29, 0.717) is 22.2 Å². The number of hydrogen-bond donors (Lipinski definition) is 2. The zero-order chi connectivity index (χ0) is 15.2. The van der Waals surface area contributed by atoms with Crippen molar-refractivity contribution in [1.82, 2.24) is 5.32 Å². The van der Waals surface area contributed by atoms with Gasteiger partial charge in [-0.3, -0.25) is 4.79 Å². The molecule has 2 rings (SSSR count). The van der Waals surface area contributed by atoms with Crippen molar-refractivity contribution in [2.75, 3.05) is 5.32 Å². The molecule has 0 saturated carbocycles. The van der Waals surface area contributed by atoms with E-state index in [9.17, 15) is 4.79 Å². The third kappa shape index (κ3) is 4.55. The van der Waals surface area contributed by atoms with Crippen LogP contribution in [0, 0.1) is 0 Å². The normalized spacial score (nSPS) is 10.0. The average Bonchev–Trinajstić information content (AvgIpc) is 2.46. The summed E-state index contributed by atoms with van der Waals surface area (Å²) in [6, 6.07) is 14.8. The molecule has 0 unspecified atom stereocenters. The van der Waals surface area contributed by atoms with Crippen LogP contribution in [-0.2, 0) is 6.54 Å². The first-order valence-electron chi connectivity index (χ1n) is 6.45. The standard InChI is InChI=1S/C16H15ClN2OS/c1-11(20)12-6-4-7-14(9-12)19-16(21)18-10-13-5-2-3-8-15(13)17/h2-9H,10H2,1H3,(H2,18,19,21). The molecule has 5 heteroatoms. The number of nitrogens with one attached hydrogen (secondary N) is 2. The lowest BCUT2D eigenvalue weighted by molar-refractivity contribution is 0.101. The molecule has 2 aromatic carbocycles. The van der Waals surface area contributed by atoms with Crippen LogP contribution < -0.4 is 10.6 Å². The second-order valence-corrected chi connectivity index (χ2v) is 5.35. The van der Waals surface area contributed by atoms with Crippen LogP contribution in [0.15, 0.2) is 48.5 Å². The number of ketones is 1. The number of carbonyl (C=O) groups excluding carboxylic acids is 1. The number of halogens is 1. The molecule has 0 heterocycles. The molecule has 0 radical (unpaired) electrons. The van der Waals surface area contributed by atoms with Crippen LogP contribution in [-0.4, -0.2) is 10.9 Å². The van der Waals surface area contributed by atoms with Gasteiger partial charge in [0, 0.05) is 22.8 Å². The first kappa shape index (κ1) is 15.5. The summed E-state index contributed by atoms with van der Waals surface area (Å²) in [5.74, 6) is 0.0218. The van der Waals surface area contributed by atoms with Crippen molar-refractivity contribution >= 4 is 40.4 Å². The van der Waals surface area contributed by atoms with Gasteiger partial charge in [0.25, 0.3) is 0 Å². The van der Waals surface area contributed by atoms with E-state index in [0.717, 1.165) is 11.3 Å². The first-order valence-corrected chi connectivity index (χ1v) is 7.24. The SMILES string of the molecule is CC(=O)c1cccc(NC(=S)NCc2ccccc2Cl)c1. The Morgan fingerprint density at radius 3 is 2.67 bits per heavy atom. The van der Waals surface area contributed by atoms with E-state index in [1.807, 2.05) is 36.4 Å². The molecule has 0 aromatic heterocycles. The van der Waals surface area contributed by atoms with Crippen LogP contribution in [0.4, 0.5) is 5.69 Å². The Morgan fingerprint density at radius 1 is 1.19 bits per heavy atom. The van der Waals surface area contributed by atoms with Crippen LogP contribution in [0.1, 0.15) is 22.8 Å². The minimum Gasteiger partial charge on any atom is -0.358 e. The van der Waals surface area contributed by atoms with Crippen molar-refractivity contribution in [3.63, 3.8) is 0 Å². The molecule has 0 aliphatic carbocycles. The third-order valence-corrected chi connectivity index (χ3v) is 3.54. The number of rotatable bonds is 4. The summed E-state index contributed by atoms with van der Waals surface area (Å²) in [4.78, 5) is 11.3. The predicted octanol–water partition coefficient (Wildman–Crippen LogP) is 4.03. The molecule has 0 bridgehead atoms. The summed E-state index contributed by atoms with van der Waals surface area (Å²) in [5, 5.41) is 7.32. The quantitative estimate of drug-likeness (QED) is 0.659. The van der Waals surface area contributed by atoms with Crippen LogP contribution in [0.3, 0.4) is 0 Å². The Kier molecular flexibility index (Phi) is 5.31. The Labute approximate surface area is 134 Å². The van der Waals surface area contributed by atoms with Crippen molar-refractivity contribution < 1.29 is 4.79 Å². The highest BCUT2D eigenvalue weighted by Crippen LogP contribution is 2.15. The largest absolute Gasteiger partial charge is 0.358 e. The number of Topliss-reactive ketones (excluding diaryl/α,β-unsaturated/α-hetero) is 1. The lowest BCUT2D eigenvalue weighted by Crippen LogP contribution is -2.28. The smallest absolute Gasteiger partial charge is 0.171 e. The van der Waals surface area contributed by atoms with Crippen LogP contribution in [0.2, 0.25) is 5.02 Å². The van der Waals surface area contributed by atoms with E-state index < -0.39 is 0 Å². The minimum atomic E-state index is 0.0218. The summed E-state index contributed by atoms with van der Waals surface area (Å²) in [7, 11) is 0. The molecule has 108 valence electrons. The Morgan fingerprint density at radius 2 is 1.95 bits per heavy atom. The summed E-state index contributed by atoms with van der Waals surface area (Å²) in [5.41, 5.74) is 2.40. The summed E-state index contributed by atoms with van der Waals surface area (Å²) in [6.45, 7) is 2.07. The maximum atomic E-state index is 11.3. The van der Waals surface area contributed by atoms with Gasteiger partial charge in [-0.25, -0.2) is 0 Å². The summed E-state index contributed by atoms with van der Waals surface area (Å²) >= 11 is 11.3. The number of benzene rings is 2. The van der Waals surface area contributed by atoms with Gasteiger partial charge in [-0.05, 0) is 42.9 Å². The van der Waals surface area contributed by atoms with E-state index in [4.69, 9.17) is 23.8 Å². The van der Waals surface area contributed by atoms with Gasteiger partial charge in [-0.2, -0.15) is 0 Å². The Balaban J connectivity index is 1.95. The fourth-order valence-corrected chi connectivity index (χ4v) is 2.20. The van der Waals surface area contributed by atoms with Crippen LogP contribution >= 0.6 is 23.8 Å². The number of thiocarbonyl (C=S) groups is 1. The zero-order valence-electron chi connectivity index (χ0n) is 11.5. The second kappa shape index (κ2) is 7.20. The van der Waals surface area contributed by atoms with E-state index in [1.54, 1.807) is 12.1 Å². The Bertz CT molecular complexity index is 673. The summed E-state index contributed by atoms with van der Waals surface area (Å²) in [6.07, 6.45) is 0. The maximum Gasteiger partial charge on any atom is 0.171 e. The van der Waals surface area contributed by atoms with E-state index in [2.05, 4.69) is 10.6 Å². The molecule has 0 atom stereocenters. The van der Waals surface area contributed by atoms with Crippen molar-refractivity contribution in [3.8, 4) is 0 Å². The highest BCUT2D eigenvalue weighted by molar-refractivity contribution is 7.80. The molecule has 0 saturated heterocycles. The van der Waals surface area contributed by atoms with E-state index in [-0.39, 0.29) is 5.78 Å². The molecule has 2 aromatic rings. The first-order chi connectivity index (χ1) is 10.1. The van der Waals surface area contributed by atoms with Crippen molar-refractivity contribution in [1.29, 1.82) is 0 Å². The highest BCUT2D eigenvalue weighted by atomic mass is 35.5. The van der Waals surface area contributed by atoms with Crippen molar-refractivity contribution in [3.05, 3.63) is 64.7 Å². The number of anilines is 1. The van der Waals surface area contributed by atoms with Gasteiger partial charge >= 0.3 is 0 Å². The van der Waals surface area contributed by atoms with Gasteiger partial charge in [-0.1, -0.05) is 41.9 Å². The predicted molar refractivity (Wildman–Crippen MR) is 91.0 cm³/mol. The van der Waals surface area contributed by atoms with Gasteiger partial charge < -0.3 is 10.6 Å². The molecule has 3 nitrogen and oxygen atoms in total. The van der Waals surface area contributed by atoms with Crippen molar-refractivity contribution in [2.24, 2.45) is 0 Å². The third-order valence-electron chi connectivity index (χ3n) is 2.92. The molecule has 2 N–H and O–H groups in total. The van der Waals surface area contributed by atoms with Gasteiger partial charge in [0.1, 0.15) is 0 Å². The monoisotopic (exact) mass is 318 g/mol. The summed E-state index contributed by atoms with van der Waals surface area (Å²) < 4.78 is 0. The lowest BCUT2D eigenvalue weighted by Gasteiger charge is -2.12. The van der Waals surface area contributed by atoms with E-state index >= 15 is 0 Å². The number of hydrogen-bond acceptors (Lipinski definition) is 2. The molecular formula is C16H15ClN2OS. The second-order valence-electron chi connectivity index (χ2n) is 4.54. The molecule has 0 amide bonds. The zero-order valence-corrected chi connectivity index (χ0v) is 13.1. The van der Waals surface area contributed by atoms with Gasteiger partial charge in [-0.15, -0.1) is 0 Å². The molecule has 0 aliphatic heterocycles. The van der Waals surface area contributed by atoms with Gasteiger partial charge in [0.05, 0.1) is 0 Å². The van der Waals surface area contributed by atoms with Gasteiger partial charge in [0.2, 0.25) is 0 Å². The fraction of sp³-hybridized carbons (Fsp3) is 0.125. The molecule has 0 spiro atoms. The lowest BCUT2D eigenvalue weighted by atomic mass is 10.1. The molecule has 0 aliphatic rings. The average molecular weight is 319 g/mol. The highest BCUT2D eigenvalue weighted by Gasteiger charge is 2.03. The number of carbonyl (C=O) groups is 1. The maximum absolute atomic E-state index is 11.3. The minimum absolute atomic E-state index is 0.0218. The molecule has 0 fully saturated rings. The molecule has 21 heavy (non-hydrogen) atoms. The van der Waals surface area contributed by atoms with Crippen LogP contribution in [0.25, 0.3) is 0 Å². The topological polar surface area (TPSA) is 41.1 Å². The van der Waals surface area contributed by atoms with Crippen molar-refractivity contribution in [2.45, 2.75) is 13.5 Å².